The van der Waals surface area contributed by atoms with Gasteiger partial charge in [0.1, 0.15) is 6.17 Å². The minimum atomic E-state index is -7.16. The monoisotopic (exact) mass is 328 g/mol. The summed E-state index contributed by atoms with van der Waals surface area (Å²) >= 11 is 0. The zero-order valence-corrected chi connectivity index (χ0v) is 9.39. The summed E-state index contributed by atoms with van der Waals surface area (Å²) in [5, 5.41) is 7.97. The van der Waals surface area contributed by atoms with E-state index in [1.165, 1.54) is 0 Å². The van der Waals surface area contributed by atoms with Crippen LogP contribution in [0, 0.1) is 0 Å². The van der Waals surface area contributed by atoms with Crippen LogP contribution in [0.4, 0.5) is 48.3 Å². The van der Waals surface area contributed by atoms with E-state index in [-0.39, 0.29) is 0 Å². The Morgan fingerprint density at radius 1 is 0.800 bits per heavy atom. The van der Waals surface area contributed by atoms with Crippen LogP contribution in [-0.2, 0) is 0 Å². The summed E-state index contributed by atoms with van der Waals surface area (Å²) in [4.78, 5) is 0. The number of hydrogen-bond acceptors (Lipinski definition) is 1. The van der Waals surface area contributed by atoms with Crippen molar-refractivity contribution >= 4 is 0 Å². The zero-order chi connectivity index (χ0) is 16.8. The van der Waals surface area contributed by atoms with Crippen LogP contribution in [0.5, 0.6) is 0 Å². The molecule has 20 heavy (non-hydrogen) atoms. The molecule has 0 aromatic heterocycles. The summed E-state index contributed by atoms with van der Waals surface area (Å²) in [6, 6.07) is 0. The van der Waals surface area contributed by atoms with Crippen molar-refractivity contribution in [2.45, 2.75) is 49.3 Å². The molecule has 0 aromatic rings. The van der Waals surface area contributed by atoms with Crippen LogP contribution in [0.2, 0.25) is 0 Å². The standard InChI is InChI=1S/C8H7F11O/c1-2-3(9)4(10,7(14,15)16)5(11,12)6(13,20)8(17,18)19/h3,20H,2H2,1H3. The Kier molecular flexibility index (Phi) is 4.68. The lowest BCUT2D eigenvalue weighted by Crippen LogP contribution is -2.72. The van der Waals surface area contributed by atoms with Gasteiger partial charge >= 0.3 is 29.8 Å². The van der Waals surface area contributed by atoms with Gasteiger partial charge in [-0.15, -0.1) is 0 Å². The highest BCUT2D eigenvalue weighted by Gasteiger charge is 2.87. The van der Waals surface area contributed by atoms with Gasteiger partial charge in [0.15, 0.2) is 0 Å². The molecule has 1 nitrogen and oxygen atoms in total. The van der Waals surface area contributed by atoms with Crippen LogP contribution in [-0.4, -0.2) is 41.1 Å². The second-order valence-electron chi connectivity index (χ2n) is 3.78. The van der Waals surface area contributed by atoms with E-state index in [0.717, 1.165) is 0 Å². The van der Waals surface area contributed by atoms with E-state index in [9.17, 15) is 48.3 Å². The topological polar surface area (TPSA) is 20.2 Å². The molecule has 3 atom stereocenters. The molecule has 0 fully saturated rings. The van der Waals surface area contributed by atoms with Gasteiger partial charge in [0.2, 0.25) is 0 Å². The van der Waals surface area contributed by atoms with Gasteiger partial charge in [0, 0.05) is 0 Å². The van der Waals surface area contributed by atoms with Gasteiger partial charge in [-0.05, 0) is 6.42 Å². The van der Waals surface area contributed by atoms with E-state index in [1.807, 2.05) is 0 Å². The predicted molar refractivity (Wildman–Crippen MR) is 42.1 cm³/mol. The molecule has 0 bridgehead atoms. The molecule has 0 spiro atoms. The van der Waals surface area contributed by atoms with Gasteiger partial charge in [-0.1, -0.05) is 6.92 Å². The minimum absolute atomic E-state index is 0.408. The number of halogens is 11. The van der Waals surface area contributed by atoms with Crippen molar-refractivity contribution in [3.8, 4) is 0 Å². The average molecular weight is 328 g/mol. The van der Waals surface area contributed by atoms with Crippen LogP contribution in [0.1, 0.15) is 13.3 Å². The summed E-state index contributed by atoms with van der Waals surface area (Å²) in [6.07, 6.45) is -19.8. The van der Waals surface area contributed by atoms with Gasteiger partial charge in [0.25, 0.3) is 0 Å². The number of aliphatic hydroxyl groups is 1. The molecular formula is C8H7F11O. The first-order chi connectivity index (χ1) is 8.48. The smallest absolute Gasteiger partial charge is 0.350 e. The fourth-order valence-corrected chi connectivity index (χ4v) is 1.25. The SMILES string of the molecule is CCC(F)C(F)(C(F)(F)F)C(F)(F)C(O)(F)C(F)(F)F. The quantitative estimate of drug-likeness (QED) is 0.777. The second-order valence-corrected chi connectivity index (χ2v) is 3.78. The molecule has 0 rings (SSSR count). The van der Waals surface area contributed by atoms with Crippen LogP contribution in [0.25, 0.3) is 0 Å². The maximum absolute atomic E-state index is 13.3. The Balaban J connectivity index is 6.21. The second kappa shape index (κ2) is 4.88. The maximum atomic E-state index is 13.3. The molecule has 1 N–H and O–H groups in total. The van der Waals surface area contributed by atoms with Crippen LogP contribution < -0.4 is 0 Å². The molecular weight excluding hydrogens is 321 g/mol. The fraction of sp³-hybridized carbons (Fsp3) is 1.00. The fourth-order valence-electron chi connectivity index (χ4n) is 1.25. The molecule has 0 radical (unpaired) electrons. The third-order valence-corrected chi connectivity index (χ3v) is 2.45. The molecule has 0 saturated heterocycles. The zero-order valence-electron chi connectivity index (χ0n) is 9.39. The molecule has 0 aliphatic carbocycles. The summed E-state index contributed by atoms with van der Waals surface area (Å²) in [5.41, 5.74) is -6.56. The Morgan fingerprint density at radius 3 is 1.35 bits per heavy atom. The van der Waals surface area contributed by atoms with Crippen molar-refractivity contribution in [2.24, 2.45) is 0 Å². The van der Waals surface area contributed by atoms with Gasteiger partial charge in [-0.2, -0.15) is 39.5 Å². The summed E-state index contributed by atoms with van der Waals surface area (Å²) < 4.78 is 137. The Hall–Kier alpha value is -0.810. The molecule has 0 aliphatic heterocycles. The number of rotatable bonds is 4. The lowest BCUT2D eigenvalue weighted by atomic mass is 9.85. The molecule has 0 aromatic carbocycles. The van der Waals surface area contributed by atoms with Crippen molar-refractivity contribution in [3.63, 3.8) is 0 Å². The molecule has 0 amide bonds. The van der Waals surface area contributed by atoms with E-state index < -0.39 is 42.4 Å². The average Bonchev–Trinajstić information content (AvgIpc) is 2.23. The minimum Gasteiger partial charge on any atom is -0.350 e. The maximum Gasteiger partial charge on any atom is 0.454 e. The van der Waals surface area contributed by atoms with Crippen molar-refractivity contribution < 1.29 is 53.4 Å². The van der Waals surface area contributed by atoms with Gasteiger partial charge < -0.3 is 5.11 Å². The lowest BCUT2D eigenvalue weighted by molar-refractivity contribution is -0.439. The van der Waals surface area contributed by atoms with Crippen molar-refractivity contribution in [3.05, 3.63) is 0 Å². The molecule has 3 unspecified atom stereocenters. The summed E-state index contributed by atoms with van der Waals surface area (Å²) in [5.74, 6) is -14.1. The van der Waals surface area contributed by atoms with E-state index in [4.69, 9.17) is 5.11 Å². The van der Waals surface area contributed by atoms with Crippen LogP contribution in [0.15, 0.2) is 0 Å². The third kappa shape index (κ3) is 2.42. The van der Waals surface area contributed by atoms with Crippen molar-refractivity contribution in [1.82, 2.24) is 0 Å². The van der Waals surface area contributed by atoms with Crippen LogP contribution >= 0.6 is 0 Å². The van der Waals surface area contributed by atoms with Crippen molar-refractivity contribution in [1.29, 1.82) is 0 Å². The van der Waals surface area contributed by atoms with Gasteiger partial charge in [-0.3, -0.25) is 0 Å². The molecule has 0 saturated carbocycles. The third-order valence-electron chi connectivity index (χ3n) is 2.45. The molecule has 122 valence electrons. The first-order valence-electron chi connectivity index (χ1n) is 4.74. The highest BCUT2D eigenvalue weighted by Crippen LogP contribution is 2.57. The van der Waals surface area contributed by atoms with Gasteiger partial charge in [0.05, 0.1) is 0 Å². The van der Waals surface area contributed by atoms with E-state index in [2.05, 4.69) is 0 Å². The Morgan fingerprint density at radius 2 is 1.15 bits per heavy atom. The molecule has 12 heteroatoms. The van der Waals surface area contributed by atoms with E-state index in [0.29, 0.717) is 6.92 Å². The molecule has 0 heterocycles. The van der Waals surface area contributed by atoms with Crippen molar-refractivity contribution in [2.75, 3.05) is 0 Å². The number of hydrogen-bond donors (Lipinski definition) is 1. The normalized spacial score (nSPS) is 22.1. The van der Waals surface area contributed by atoms with E-state index in [1.54, 1.807) is 0 Å². The first-order valence-corrected chi connectivity index (χ1v) is 4.74. The largest absolute Gasteiger partial charge is 0.454 e. The summed E-state index contributed by atoms with van der Waals surface area (Å²) in [7, 11) is 0. The van der Waals surface area contributed by atoms with Gasteiger partial charge in [-0.25, -0.2) is 8.78 Å². The highest BCUT2D eigenvalue weighted by atomic mass is 19.4. The molecule has 0 aliphatic rings. The first kappa shape index (κ1) is 19.2. The summed E-state index contributed by atoms with van der Waals surface area (Å²) in [6.45, 7) is 0.408. The van der Waals surface area contributed by atoms with E-state index >= 15 is 0 Å². The number of alkyl halides is 11. The predicted octanol–water partition coefficient (Wildman–Crippen LogP) is 3.86. The lowest BCUT2D eigenvalue weighted by Gasteiger charge is -2.41. The Bertz CT molecular complexity index is 343. The van der Waals surface area contributed by atoms with Crippen LogP contribution in [0.3, 0.4) is 0 Å². The Labute approximate surface area is 104 Å². The highest BCUT2D eigenvalue weighted by molar-refractivity contribution is 5.12.